The van der Waals surface area contributed by atoms with Gasteiger partial charge in [-0.25, -0.2) is 14.1 Å². The molecule has 0 saturated carbocycles. The minimum Gasteiger partial charge on any atom is -0.324 e. The van der Waals surface area contributed by atoms with Crippen molar-refractivity contribution < 1.29 is 23.6 Å². The molecule has 31 heavy (non-hydrogen) atoms. The lowest BCUT2D eigenvalue weighted by molar-refractivity contribution is -0.145. The molecule has 3 aliphatic rings. The van der Waals surface area contributed by atoms with Crippen molar-refractivity contribution in [3.8, 4) is 0 Å². The van der Waals surface area contributed by atoms with Gasteiger partial charge < -0.3 is 4.90 Å². The fourth-order valence-corrected chi connectivity index (χ4v) is 5.46. The summed E-state index contributed by atoms with van der Waals surface area (Å²) in [6.45, 7) is -0.00397. The van der Waals surface area contributed by atoms with Gasteiger partial charge in [0.1, 0.15) is 17.7 Å². The third-order valence-electron chi connectivity index (χ3n) is 5.85. The van der Waals surface area contributed by atoms with Crippen molar-refractivity contribution in [2.45, 2.75) is 37.5 Å². The predicted molar refractivity (Wildman–Crippen MR) is 113 cm³/mol. The number of thioether (sulfide) groups is 1. The van der Waals surface area contributed by atoms with Crippen LogP contribution in [0.5, 0.6) is 0 Å². The Kier molecular flexibility index (Phi) is 6.41. The maximum atomic E-state index is 14.2. The number of hydrogen-bond acceptors (Lipinski definition) is 5. The van der Waals surface area contributed by atoms with Gasteiger partial charge in [0.05, 0.1) is 0 Å². The van der Waals surface area contributed by atoms with Crippen molar-refractivity contribution in [3.63, 3.8) is 0 Å². The Morgan fingerprint density at radius 1 is 1.10 bits per heavy atom. The van der Waals surface area contributed by atoms with Gasteiger partial charge in [-0.05, 0) is 38.2 Å². The molecule has 1 aliphatic carbocycles. The molecule has 2 fully saturated rings. The molecular formula is C22H24FN3O4S. The number of nitrogens with zero attached hydrogens (tertiary/aromatic N) is 3. The molecule has 0 radical (unpaired) electrons. The second kappa shape index (κ2) is 9.21. The van der Waals surface area contributed by atoms with Crippen LogP contribution in [0.4, 0.5) is 9.18 Å². The number of benzene rings is 1. The molecule has 164 valence electrons. The number of rotatable bonds is 6. The van der Waals surface area contributed by atoms with Crippen molar-refractivity contribution in [2.24, 2.45) is 0 Å². The molecule has 2 saturated heterocycles. The molecule has 5 amide bonds. The van der Waals surface area contributed by atoms with Crippen LogP contribution in [0.3, 0.4) is 0 Å². The molecule has 7 nitrogen and oxygen atoms in total. The van der Waals surface area contributed by atoms with Crippen LogP contribution in [-0.2, 0) is 14.4 Å². The summed E-state index contributed by atoms with van der Waals surface area (Å²) in [5.74, 6) is -2.15. The van der Waals surface area contributed by atoms with E-state index in [0.717, 1.165) is 30.6 Å². The zero-order valence-corrected chi connectivity index (χ0v) is 17.9. The Bertz CT molecular complexity index is 950. The van der Waals surface area contributed by atoms with E-state index in [9.17, 15) is 23.6 Å². The highest BCUT2D eigenvalue weighted by atomic mass is 32.2. The quantitative estimate of drug-likeness (QED) is 0.382. The number of allylic oxidation sites excluding steroid dienone is 1. The SMILES string of the molecule is O=C1C(=O)N(CC(=O)N2CCSC2c2ccccc2F)C(=O)N1CCC1=CCCCC1. The van der Waals surface area contributed by atoms with Gasteiger partial charge in [-0.15, -0.1) is 11.8 Å². The van der Waals surface area contributed by atoms with E-state index in [2.05, 4.69) is 6.08 Å². The summed E-state index contributed by atoms with van der Waals surface area (Å²) in [7, 11) is 0. The molecule has 1 aromatic carbocycles. The molecule has 1 unspecified atom stereocenters. The standard InChI is InChI=1S/C22H24FN3O4S/c23-17-9-5-4-8-16(17)21-24(12-13-31-21)18(27)14-26-20(29)19(28)25(22(26)30)11-10-15-6-2-1-3-7-15/h4-6,8-9,21H,1-3,7,10-14H2. The largest absolute Gasteiger partial charge is 0.334 e. The van der Waals surface area contributed by atoms with Gasteiger partial charge in [-0.1, -0.05) is 29.8 Å². The van der Waals surface area contributed by atoms with Gasteiger partial charge in [-0.3, -0.25) is 19.3 Å². The monoisotopic (exact) mass is 445 g/mol. The Labute approximate surface area is 184 Å². The summed E-state index contributed by atoms with van der Waals surface area (Å²) >= 11 is 1.42. The Morgan fingerprint density at radius 3 is 2.61 bits per heavy atom. The molecular weight excluding hydrogens is 421 g/mol. The van der Waals surface area contributed by atoms with Crippen LogP contribution in [0.1, 0.15) is 43.0 Å². The summed E-state index contributed by atoms with van der Waals surface area (Å²) < 4.78 is 14.2. The molecule has 0 bridgehead atoms. The third-order valence-corrected chi connectivity index (χ3v) is 7.10. The molecule has 0 spiro atoms. The molecule has 2 heterocycles. The smallest absolute Gasteiger partial charge is 0.324 e. The topological polar surface area (TPSA) is 78.0 Å². The molecule has 1 atom stereocenters. The minimum absolute atomic E-state index is 0.136. The average Bonchev–Trinajstić information content (AvgIpc) is 3.34. The summed E-state index contributed by atoms with van der Waals surface area (Å²) in [5, 5.41) is -0.522. The van der Waals surface area contributed by atoms with E-state index >= 15 is 0 Å². The lowest BCUT2D eigenvalue weighted by Crippen LogP contribution is -2.43. The van der Waals surface area contributed by atoms with Gasteiger partial charge in [0.2, 0.25) is 5.91 Å². The highest BCUT2D eigenvalue weighted by Crippen LogP contribution is 2.39. The first-order chi connectivity index (χ1) is 15.0. The summed E-state index contributed by atoms with van der Waals surface area (Å²) in [5.41, 5.74) is 1.58. The first-order valence-electron chi connectivity index (χ1n) is 10.5. The van der Waals surface area contributed by atoms with Crippen molar-refractivity contribution in [3.05, 3.63) is 47.3 Å². The van der Waals surface area contributed by atoms with Gasteiger partial charge in [0.25, 0.3) is 0 Å². The number of hydrogen-bond donors (Lipinski definition) is 0. The van der Waals surface area contributed by atoms with Gasteiger partial charge in [-0.2, -0.15) is 0 Å². The molecule has 0 aromatic heterocycles. The number of halogens is 1. The maximum Gasteiger partial charge on any atom is 0.334 e. The van der Waals surface area contributed by atoms with Crippen LogP contribution in [-0.4, -0.2) is 63.8 Å². The van der Waals surface area contributed by atoms with E-state index < -0.39 is 41.5 Å². The number of urea groups is 1. The Balaban J connectivity index is 1.42. The van der Waals surface area contributed by atoms with Crippen molar-refractivity contribution in [2.75, 3.05) is 25.4 Å². The van der Waals surface area contributed by atoms with Gasteiger partial charge in [0.15, 0.2) is 0 Å². The van der Waals surface area contributed by atoms with Crippen LogP contribution in [0.15, 0.2) is 35.9 Å². The first-order valence-corrected chi connectivity index (χ1v) is 11.5. The normalized spacial score (nSPS) is 21.8. The fourth-order valence-electron chi connectivity index (χ4n) is 4.16. The fraction of sp³-hybridized carbons (Fsp3) is 0.455. The third kappa shape index (κ3) is 4.37. The van der Waals surface area contributed by atoms with Crippen molar-refractivity contribution in [1.29, 1.82) is 0 Å². The summed E-state index contributed by atoms with van der Waals surface area (Å²) in [6.07, 6.45) is 6.84. The number of imide groups is 2. The van der Waals surface area contributed by atoms with E-state index in [1.165, 1.54) is 28.3 Å². The predicted octanol–water partition coefficient (Wildman–Crippen LogP) is 3.08. The summed E-state index contributed by atoms with van der Waals surface area (Å²) in [6, 6.07) is 5.48. The van der Waals surface area contributed by atoms with Crippen LogP contribution in [0.2, 0.25) is 0 Å². The molecule has 2 aliphatic heterocycles. The van der Waals surface area contributed by atoms with E-state index in [4.69, 9.17) is 0 Å². The van der Waals surface area contributed by atoms with E-state index in [-0.39, 0.29) is 6.54 Å². The number of carbonyl (C=O) groups is 4. The zero-order chi connectivity index (χ0) is 22.0. The van der Waals surface area contributed by atoms with Gasteiger partial charge in [0, 0.05) is 24.4 Å². The maximum absolute atomic E-state index is 14.2. The van der Waals surface area contributed by atoms with E-state index in [0.29, 0.717) is 29.2 Å². The number of amides is 5. The van der Waals surface area contributed by atoms with Crippen LogP contribution < -0.4 is 0 Å². The van der Waals surface area contributed by atoms with Crippen LogP contribution in [0, 0.1) is 5.82 Å². The molecule has 1 aromatic rings. The van der Waals surface area contributed by atoms with Crippen LogP contribution in [0.25, 0.3) is 0 Å². The zero-order valence-electron chi connectivity index (χ0n) is 17.1. The number of carbonyl (C=O) groups excluding carboxylic acids is 4. The lowest BCUT2D eigenvalue weighted by atomic mass is 9.97. The lowest BCUT2D eigenvalue weighted by Gasteiger charge is -2.26. The molecule has 0 N–H and O–H groups in total. The van der Waals surface area contributed by atoms with E-state index in [1.54, 1.807) is 18.2 Å². The van der Waals surface area contributed by atoms with Gasteiger partial charge >= 0.3 is 17.8 Å². The van der Waals surface area contributed by atoms with Crippen molar-refractivity contribution in [1.82, 2.24) is 14.7 Å². The second-order valence-corrected chi connectivity index (χ2v) is 9.01. The molecule has 9 heteroatoms. The second-order valence-electron chi connectivity index (χ2n) is 7.82. The Morgan fingerprint density at radius 2 is 1.87 bits per heavy atom. The summed E-state index contributed by atoms with van der Waals surface area (Å²) in [4.78, 5) is 53.5. The van der Waals surface area contributed by atoms with Crippen molar-refractivity contribution >= 4 is 35.5 Å². The average molecular weight is 446 g/mol. The van der Waals surface area contributed by atoms with Crippen LogP contribution >= 0.6 is 11.8 Å². The highest BCUT2D eigenvalue weighted by Gasteiger charge is 2.46. The first kappa shape index (κ1) is 21.5. The van der Waals surface area contributed by atoms with E-state index in [1.807, 2.05) is 0 Å². The molecule has 4 rings (SSSR count). The highest BCUT2D eigenvalue weighted by molar-refractivity contribution is 7.99. The Hall–Kier alpha value is -2.68. The minimum atomic E-state index is -0.981.